The van der Waals surface area contributed by atoms with Crippen LogP contribution in [0.2, 0.25) is 0 Å². The van der Waals surface area contributed by atoms with Crippen LogP contribution in [0.15, 0.2) is 12.7 Å². The van der Waals surface area contributed by atoms with Gasteiger partial charge in [-0.15, -0.1) is 0 Å². The number of carbonyl (C=O) groups is 2. The van der Waals surface area contributed by atoms with E-state index in [1.165, 1.54) is 6.33 Å². The highest BCUT2D eigenvalue weighted by Crippen LogP contribution is 2.25. The standard InChI is InChI=1S/C11H16N4O3/c16-10(3-4-15-7-12-6-13-15)14-9-2-1-8(5-9)11(17)18/h6-9H,1-5H2,(H,14,16)(H,17,18)/t8-,9+/m1/s1. The molecule has 0 radical (unpaired) electrons. The van der Waals surface area contributed by atoms with Crippen molar-refractivity contribution in [3.8, 4) is 0 Å². The summed E-state index contributed by atoms with van der Waals surface area (Å²) in [4.78, 5) is 26.2. The quantitative estimate of drug-likeness (QED) is 0.771. The van der Waals surface area contributed by atoms with Crippen LogP contribution in [0.4, 0.5) is 0 Å². The van der Waals surface area contributed by atoms with Gasteiger partial charge in [-0.1, -0.05) is 0 Å². The maximum Gasteiger partial charge on any atom is 0.306 e. The average molecular weight is 252 g/mol. The Labute approximate surface area is 104 Å². The Morgan fingerprint density at radius 1 is 1.44 bits per heavy atom. The highest BCUT2D eigenvalue weighted by molar-refractivity contribution is 5.76. The molecule has 2 rings (SSSR count). The molecule has 98 valence electrons. The molecule has 0 unspecified atom stereocenters. The summed E-state index contributed by atoms with van der Waals surface area (Å²) >= 11 is 0. The van der Waals surface area contributed by atoms with Crippen molar-refractivity contribution in [2.45, 2.75) is 38.3 Å². The number of aryl methyl sites for hydroxylation is 1. The first-order valence-electron chi connectivity index (χ1n) is 5.99. The normalized spacial score (nSPS) is 22.9. The number of nitrogens with one attached hydrogen (secondary N) is 1. The van der Waals surface area contributed by atoms with Crippen molar-refractivity contribution in [1.29, 1.82) is 0 Å². The van der Waals surface area contributed by atoms with Crippen molar-refractivity contribution in [2.24, 2.45) is 5.92 Å². The van der Waals surface area contributed by atoms with Gasteiger partial charge in [0, 0.05) is 12.5 Å². The van der Waals surface area contributed by atoms with E-state index >= 15 is 0 Å². The van der Waals surface area contributed by atoms with E-state index in [4.69, 9.17) is 5.11 Å². The molecule has 0 aliphatic heterocycles. The third-order valence-electron chi connectivity index (χ3n) is 3.18. The Kier molecular flexibility index (Phi) is 3.91. The molecule has 2 N–H and O–H groups in total. The number of amides is 1. The molecule has 7 nitrogen and oxygen atoms in total. The summed E-state index contributed by atoms with van der Waals surface area (Å²) in [5.41, 5.74) is 0. The van der Waals surface area contributed by atoms with E-state index in [-0.39, 0.29) is 17.9 Å². The largest absolute Gasteiger partial charge is 0.481 e. The number of carboxylic acid groups (broad SMARTS) is 1. The minimum Gasteiger partial charge on any atom is -0.481 e. The second-order valence-corrected chi connectivity index (χ2v) is 4.52. The summed E-state index contributed by atoms with van der Waals surface area (Å²) in [6.45, 7) is 0.487. The first-order chi connectivity index (χ1) is 8.65. The molecule has 1 aliphatic rings. The molecular formula is C11H16N4O3. The molecule has 0 spiro atoms. The predicted molar refractivity (Wildman–Crippen MR) is 61.5 cm³/mol. The zero-order valence-electron chi connectivity index (χ0n) is 9.95. The van der Waals surface area contributed by atoms with Crippen LogP contribution >= 0.6 is 0 Å². The molecule has 1 heterocycles. The monoisotopic (exact) mass is 252 g/mol. The molecule has 7 heteroatoms. The average Bonchev–Trinajstić information content (AvgIpc) is 2.96. The minimum atomic E-state index is -0.769. The van der Waals surface area contributed by atoms with E-state index in [1.54, 1.807) is 11.0 Å². The second-order valence-electron chi connectivity index (χ2n) is 4.52. The van der Waals surface area contributed by atoms with Gasteiger partial charge in [-0.05, 0) is 19.3 Å². The smallest absolute Gasteiger partial charge is 0.306 e. The van der Waals surface area contributed by atoms with Crippen molar-refractivity contribution in [2.75, 3.05) is 0 Å². The summed E-state index contributed by atoms with van der Waals surface area (Å²) < 4.78 is 1.59. The van der Waals surface area contributed by atoms with E-state index in [0.29, 0.717) is 25.8 Å². The maximum absolute atomic E-state index is 11.7. The fourth-order valence-corrected chi connectivity index (χ4v) is 2.20. The lowest BCUT2D eigenvalue weighted by Crippen LogP contribution is -2.33. The van der Waals surface area contributed by atoms with Gasteiger partial charge >= 0.3 is 5.97 Å². The molecule has 1 aromatic heterocycles. The summed E-state index contributed by atoms with van der Waals surface area (Å²) in [6.07, 6.45) is 5.23. The summed E-state index contributed by atoms with van der Waals surface area (Å²) in [5, 5.41) is 15.6. The Hall–Kier alpha value is -1.92. The first-order valence-corrected chi connectivity index (χ1v) is 5.99. The van der Waals surface area contributed by atoms with E-state index in [0.717, 1.165) is 6.42 Å². The van der Waals surface area contributed by atoms with Crippen LogP contribution in [0.5, 0.6) is 0 Å². The highest BCUT2D eigenvalue weighted by Gasteiger charge is 2.30. The van der Waals surface area contributed by atoms with Gasteiger partial charge in [0.25, 0.3) is 0 Å². The predicted octanol–water partition coefficient (Wildman–Crippen LogP) is 0.0377. The highest BCUT2D eigenvalue weighted by atomic mass is 16.4. The molecule has 1 saturated carbocycles. The van der Waals surface area contributed by atoms with Gasteiger partial charge in [0.05, 0.1) is 12.5 Å². The van der Waals surface area contributed by atoms with Gasteiger partial charge in [-0.3, -0.25) is 14.3 Å². The number of aromatic nitrogens is 3. The van der Waals surface area contributed by atoms with Gasteiger partial charge in [0.2, 0.25) is 5.91 Å². The Morgan fingerprint density at radius 3 is 2.89 bits per heavy atom. The van der Waals surface area contributed by atoms with Crippen LogP contribution < -0.4 is 5.32 Å². The maximum atomic E-state index is 11.7. The van der Waals surface area contributed by atoms with Crippen LogP contribution in [0, 0.1) is 5.92 Å². The van der Waals surface area contributed by atoms with Gasteiger partial charge in [-0.25, -0.2) is 4.98 Å². The van der Waals surface area contributed by atoms with E-state index < -0.39 is 5.97 Å². The van der Waals surface area contributed by atoms with E-state index in [1.807, 2.05) is 0 Å². The number of hydrogen-bond acceptors (Lipinski definition) is 4. The van der Waals surface area contributed by atoms with Crippen LogP contribution in [-0.2, 0) is 16.1 Å². The summed E-state index contributed by atoms with van der Waals surface area (Å²) in [6, 6.07) is -0.00523. The molecule has 1 fully saturated rings. The van der Waals surface area contributed by atoms with Crippen LogP contribution in [0.1, 0.15) is 25.7 Å². The number of nitrogens with zero attached hydrogens (tertiary/aromatic N) is 3. The molecular weight excluding hydrogens is 236 g/mol. The molecule has 1 aliphatic carbocycles. The lowest BCUT2D eigenvalue weighted by molar-refractivity contribution is -0.141. The van der Waals surface area contributed by atoms with Crippen molar-refractivity contribution >= 4 is 11.9 Å². The molecule has 0 bridgehead atoms. The fraction of sp³-hybridized carbons (Fsp3) is 0.636. The third kappa shape index (κ3) is 3.28. The Bertz CT molecular complexity index is 418. The fourth-order valence-electron chi connectivity index (χ4n) is 2.20. The summed E-state index contributed by atoms with van der Waals surface area (Å²) in [5.74, 6) is -1.15. The van der Waals surface area contributed by atoms with Gasteiger partial charge in [-0.2, -0.15) is 5.10 Å². The number of hydrogen-bond donors (Lipinski definition) is 2. The van der Waals surface area contributed by atoms with Crippen molar-refractivity contribution in [1.82, 2.24) is 20.1 Å². The number of carbonyl (C=O) groups excluding carboxylic acids is 1. The molecule has 0 aromatic carbocycles. The first kappa shape index (κ1) is 12.5. The molecule has 18 heavy (non-hydrogen) atoms. The van der Waals surface area contributed by atoms with Crippen molar-refractivity contribution in [3.63, 3.8) is 0 Å². The van der Waals surface area contributed by atoms with E-state index in [2.05, 4.69) is 15.4 Å². The SMILES string of the molecule is O=C(CCn1cncn1)N[C@H]1CC[C@@H](C(=O)O)C1. The Balaban J connectivity index is 1.70. The lowest BCUT2D eigenvalue weighted by atomic mass is 10.1. The van der Waals surface area contributed by atoms with Crippen LogP contribution in [0.3, 0.4) is 0 Å². The second kappa shape index (κ2) is 5.61. The molecule has 0 saturated heterocycles. The van der Waals surface area contributed by atoms with Crippen molar-refractivity contribution < 1.29 is 14.7 Å². The summed E-state index contributed by atoms with van der Waals surface area (Å²) in [7, 11) is 0. The number of aliphatic carboxylic acids is 1. The van der Waals surface area contributed by atoms with Gasteiger partial charge < -0.3 is 10.4 Å². The van der Waals surface area contributed by atoms with Gasteiger partial charge in [0.15, 0.2) is 0 Å². The zero-order valence-corrected chi connectivity index (χ0v) is 9.95. The third-order valence-corrected chi connectivity index (χ3v) is 3.18. The number of rotatable bonds is 5. The lowest BCUT2D eigenvalue weighted by Gasteiger charge is -2.12. The minimum absolute atomic E-state index is 0.00523. The van der Waals surface area contributed by atoms with Crippen LogP contribution in [-0.4, -0.2) is 37.8 Å². The van der Waals surface area contributed by atoms with Gasteiger partial charge in [0.1, 0.15) is 12.7 Å². The zero-order chi connectivity index (χ0) is 13.0. The number of carboxylic acids is 1. The molecule has 2 atom stereocenters. The molecule has 1 aromatic rings. The Morgan fingerprint density at radius 2 is 2.28 bits per heavy atom. The van der Waals surface area contributed by atoms with E-state index in [9.17, 15) is 9.59 Å². The topological polar surface area (TPSA) is 97.1 Å². The molecule has 1 amide bonds. The van der Waals surface area contributed by atoms with Crippen LogP contribution in [0.25, 0.3) is 0 Å². The van der Waals surface area contributed by atoms with Crippen molar-refractivity contribution in [3.05, 3.63) is 12.7 Å².